The zero-order valence-electron chi connectivity index (χ0n) is 20.6. The Morgan fingerprint density at radius 1 is 1.11 bits per heavy atom. The van der Waals surface area contributed by atoms with Gasteiger partial charge in [-0.25, -0.2) is 4.98 Å². The van der Waals surface area contributed by atoms with Crippen molar-refractivity contribution >= 4 is 51.7 Å². The number of thioether (sulfide) groups is 1. The summed E-state index contributed by atoms with van der Waals surface area (Å²) in [6.07, 6.45) is 7.40. The van der Waals surface area contributed by atoms with E-state index in [1.165, 1.54) is 17.3 Å². The number of piperidine rings is 1. The lowest BCUT2D eigenvalue weighted by molar-refractivity contribution is -0.122. The minimum atomic E-state index is -0.161. The fourth-order valence-electron chi connectivity index (χ4n) is 5.01. The molecule has 0 spiro atoms. The van der Waals surface area contributed by atoms with Crippen LogP contribution in [0.4, 0.5) is 5.82 Å². The first-order valence-electron chi connectivity index (χ1n) is 12.5. The van der Waals surface area contributed by atoms with E-state index in [1.54, 1.807) is 21.6 Å². The number of aryl methyl sites for hydroxylation is 1. The third-order valence-corrected chi connectivity index (χ3v) is 8.32. The lowest BCUT2D eigenvalue weighted by atomic mass is 9.90. The molecule has 2 aliphatic heterocycles. The van der Waals surface area contributed by atoms with Crippen molar-refractivity contribution in [2.45, 2.75) is 39.5 Å². The van der Waals surface area contributed by atoms with Gasteiger partial charge in [-0.05, 0) is 61.8 Å². The van der Waals surface area contributed by atoms with Gasteiger partial charge in [0.2, 0.25) is 0 Å². The van der Waals surface area contributed by atoms with Gasteiger partial charge in [-0.15, -0.1) is 0 Å². The second kappa shape index (κ2) is 10.6. The minimum Gasteiger partial charge on any atom is -0.356 e. The first-order valence-corrected chi connectivity index (χ1v) is 13.7. The predicted octanol–water partition coefficient (Wildman–Crippen LogP) is 5.07. The summed E-state index contributed by atoms with van der Waals surface area (Å²) in [5.41, 5.74) is 3.25. The third kappa shape index (κ3) is 4.84. The van der Waals surface area contributed by atoms with Crippen LogP contribution in [0.2, 0.25) is 0 Å². The van der Waals surface area contributed by atoms with Gasteiger partial charge in [-0.3, -0.25) is 18.9 Å². The average molecular weight is 519 g/mol. The average Bonchev–Trinajstić information content (AvgIpc) is 3.15. The Hall–Kier alpha value is -2.97. The molecule has 4 heterocycles. The van der Waals surface area contributed by atoms with E-state index in [0.717, 1.165) is 44.3 Å². The number of pyridine rings is 1. The highest BCUT2D eigenvalue weighted by Gasteiger charge is 2.32. The van der Waals surface area contributed by atoms with Gasteiger partial charge in [0, 0.05) is 25.8 Å². The van der Waals surface area contributed by atoms with Crippen molar-refractivity contribution in [3.8, 4) is 0 Å². The van der Waals surface area contributed by atoms with Gasteiger partial charge in [0.25, 0.3) is 11.5 Å². The molecule has 0 bridgehead atoms. The summed E-state index contributed by atoms with van der Waals surface area (Å²) in [5, 5.41) is 0. The molecule has 3 aromatic rings. The maximum Gasteiger partial charge on any atom is 0.267 e. The van der Waals surface area contributed by atoms with E-state index < -0.39 is 0 Å². The predicted molar refractivity (Wildman–Crippen MR) is 151 cm³/mol. The number of amides is 1. The minimum absolute atomic E-state index is 0.131. The molecule has 5 rings (SSSR count). The maximum atomic E-state index is 13.7. The largest absolute Gasteiger partial charge is 0.356 e. The van der Waals surface area contributed by atoms with E-state index in [0.29, 0.717) is 38.7 Å². The molecule has 2 aromatic heterocycles. The Balaban J connectivity index is 1.50. The molecule has 8 heteroatoms. The first kappa shape index (κ1) is 24.7. The fourth-order valence-corrected chi connectivity index (χ4v) is 6.30. The lowest BCUT2D eigenvalue weighted by Crippen LogP contribution is -2.37. The number of carbonyl (C=O) groups excluding carboxylic acids is 1. The van der Waals surface area contributed by atoms with Crippen LogP contribution in [0.3, 0.4) is 0 Å². The quantitative estimate of drug-likeness (QED) is 0.335. The molecular weight excluding hydrogens is 488 g/mol. The Kier molecular flexibility index (Phi) is 7.25. The normalized spacial score (nSPS) is 18.1. The van der Waals surface area contributed by atoms with Crippen LogP contribution in [0, 0.1) is 12.8 Å². The summed E-state index contributed by atoms with van der Waals surface area (Å²) in [5.74, 6) is 1.13. The number of aromatic nitrogens is 2. The number of benzene rings is 1. The first-order chi connectivity index (χ1) is 17.5. The van der Waals surface area contributed by atoms with Crippen LogP contribution in [0.5, 0.6) is 0 Å². The van der Waals surface area contributed by atoms with Crippen LogP contribution in [0.25, 0.3) is 11.7 Å². The van der Waals surface area contributed by atoms with Gasteiger partial charge < -0.3 is 4.90 Å². The summed E-state index contributed by atoms with van der Waals surface area (Å²) in [7, 11) is 0. The van der Waals surface area contributed by atoms with Crippen molar-refractivity contribution in [3.05, 3.63) is 80.6 Å². The molecule has 1 amide bonds. The number of hydrogen-bond acceptors (Lipinski definition) is 6. The number of carbonyl (C=O) groups is 1. The monoisotopic (exact) mass is 518 g/mol. The number of rotatable bonds is 6. The third-order valence-electron chi connectivity index (χ3n) is 6.94. The molecule has 0 unspecified atom stereocenters. The number of fused-ring (bicyclic) bond motifs is 1. The van der Waals surface area contributed by atoms with E-state index in [-0.39, 0.29) is 11.5 Å². The smallest absolute Gasteiger partial charge is 0.267 e. The molecule has 1 aromatic carbocycles. The Bertz CT molecular complexity index is 1390. The molecular formula is C28H30N4O2S2. The zero-order chi connectivity index (χ0) is 25.2. The van der Waals surface area contributed by atoms with Crippen LogP contribution >= 0.6 is 24.0 Å². The molecule has 2 fully saturated rings. The molecule has 0 N–H and O–H groups in total. The number of thiocarbonyl (C=S) groups is 1. The van der Waals surface area contributed by atoms with E-state index in [9.17, 15) is 9.59 Å². The van der Waals surface area contributed by atoms with Crippen molar-refractivity contribution < 1.29 is 4.79 Å². The van der Waals surface area contributed by atoms with Crippen molar-refractivity contribution in [3.63, 3.8) is 0 Å². The lowest BCUT2D eigenvalue weighted by Gasteiger charge is -2.33. The molecule has 0 aliphatic carbocycles. The van der Waals surface area contributed by atoms with Crippen LogP contribution in [-0.4, -0.2) is 44.1 Å². The molecule has 2 saturated heterocycles. The van der Waals surface area contributed by atoms with Crippen LogP contribution in [0.15, 0.2) is 58.4 Å². The Labute approximate surface area is 221 Å². The summed E-state index contributed by atoms with van der Waals surface area (Å²) in [4.78, 5) is 36.1. The summed E-state index contributed by atoms with van der Waals surface area (Å²) < 4.78 is 2.13. The molecule has 2 aliphatic rings. The molecule has 0 atom stereocenters. The highest BCUT2D eigenvalue weighted by atomic mass is 32.2. The Morgan fingerprint density at radius 3 is 2.58 bits per heavy atom. The van der Waals surface area contributed by atoms with Gasteiger partial charge in [-0.1, -0.05) is 67.3 Å². The van der Waals surface area contributed by atoms with Gasteiger partial charge in [0.15, 0.2) is 0 Å². The van der Waals surface area contributed by atoms with E-state index in [1.807, 2.05) is 26.0 Å². The SMILES string of the molecule is CCCN1C(=O)C(=Cc2c(N3CCC(Cc4ccccc4)CC3)nc3c(C)cccn3c2=O)SC1=S. The zero-order valence-corrected chi connectivity index (χ0v) is 22.3. The molecule has 0 radical (unpaired) electrons. The van der Waals surface area contributed by atoms with E-state index in [4.69, 9.17) is 17.2 Å². The van der Waals surface area contributed by atoms with Crippen molar-refractivity contribution in [1.82, 2.24) is 14.3 Å². The standard InChI is InChI=1S/C28H30N4O2S2/c1-3-13-32-27(34)23(36-28(32)35)18-22-25(29-24-19(2)8-7-14-31(24)26(22)33)30-15-11-21(12-16-30)17-20-9-5-4-6-10-20/h4-10,14,18,21H,3,11-13,15-17H2,1-2H3. The summed E-state index contributed by atoms with van der Waals surface area (Å²) in [6, 6.07) is 14.4. The summed E-state index contributed by atoms with van der Waals surface area (Å²) >= 11 is 6.71. The van der Waals surface area contributed by atoms with Gasteiger partial charge in [0.05, 0.1) is 10.5 Å². The number of nitrogens with zero attached hydrogens (tertiary/aromatic N) is 4. The fraction of sp³-hybridized carbons (Fsp3) is 0.357. The van der Waals surface area contributed by atoms with Crippen molar-refractivity contribution in [2.75, 3.05) is 24.5 Å². The maximum absolute atomic E-state index is 13.7. The highest BCUT2D eigenvalue weighted by molar-refractivity contribution is 8.26. The second-order valence-corrected chi connectivity index (χ2v) is 11.2. The van der Waals surface area contributed by atoms with E-state index in [2.05, 4.69) is 35.2 Å². The molecule has 186 valence electrons. The summed E-state index contributed by atoms with van der Waals surface area (Å²) in [6.45, 7) is 6.21. The van der Waals surface area contributed by atoms with Crippen molar-refractivity contribution in [1.29, 1.82) is 0 Å². The van der Waals surface area contributed by atoms with Gasteiger partial charge in [-0.2, -0.15) is 0 Å². The topological polar surface area (TPSA) is 57.9 Å². The molecule has 36 heavy (non-hydrogen) atoms. The Morgan fingerprint density at radius 2 is 1.86 bits per heavy atom. The van der Waals surface area contributed by atoms with Gasteiger partial charge >= 0.3 is 0 Å². The number of anilines is 1. The molecule has 6 nitrogen and oxygen atoms in total. The van der Waals surface area contributed by atoms with Crippen molar-refractivity contribution in [2.24, 2.45) is 5.92 Å². The van der Waals surface area contributed by atoms with Crippen LogP contribution in [0.1, 0.15) is 42.9 Å². The molecule has 0 saturated carbocycles. The second-order valence-electron chi connectivity index (χ2n) is 9.49. The highest BCUT2D eigenvalue weighted by Crippen LogP contribution is 2.34. The van der Waals surface area contributed by atoms with Gasteiger partial charge in [0.1, 0.15) is 15.8 Å². The van der Waals surface area contributed by atoms with E-state index >= 15 is 0 Å². The van der Waals surface area contributed by atoms with Crippen LogP contribution in [-0.2, 0) is 11.2 Å². The van der Waals surface area contributed by atoms with Crippen LogP contribution < -0.4 is 10.5 Å². The number of hydrogen-bond donors (Lipinski definition) is 0.